The van der Waals surface area contributed by atoms with Crippen molar-refractivity contribution in [2.24, 2.45) is 0 Å². The average Bonchev–Trinajstić information content (AvgIpc) is 2.64. The van der Waals surface area contributed by atoms with Gasteiger partial charge in [0, 0.05) is 0 Å². The lowest BCUT2D eigenvalue weighted by Gasteiger charge is -2.38. The maximum absolute atomic E-state index is 12.7. The molecular weight excluding hydrogens is 286 g/mol. The summed E-state index contributed by atoms with van der Waals surface area (Å²) in [5.41, 5.74) is -1.18. The Morgan fingerprint density at radius 3 is 2.40 bits per heavy atom. The zero-order valence-corrected chi connectivity index (χ0v) is 12.4. The molecule has 8 nitrogen and oxygen atoms in total. The lowest BCUT2D eigenvalue weighted by atomic mass is 10.0. The van der Waals surface area contributed by atoms with E-state index in [9.17, 15) is 18.0 Å². The summed E-state index contributed by atoms with van der Waals surface area (Å²) in [4.78, 5) is 23.2. The summed E-state index contributed by atoms with van der Waals surface area (Å²) < 4.78 is 31.1. The topological polar surface area (TPSA) is 110 Å². The smallest absolute Gasteiger partial charge is 0.249 e. The van der Waals surface area contributed by atoms with E-state index in [0.717, 1.165) is 4.31 Å². The van der Waals surface area contributed by atoms with Gasteiger partial charge in [0.25, 0.3) is 0 Å². The second-order valence-corrected chi connectivity index (χ2v) is 6.90. The molecule has 1 aromatic heterocycles. The molecule has 1 aliphatic rings. The van der Waals surface area contributed by atoms with Gasteiger partial charge < -0.3 is 4.52 Å². The van der Waals surface area contributed by atoms with E-state index in [1.807, 2.05) is 0 Å². The SMILES string of the molecule is Cc1noc(C)c1S(=O)(=O)N1CC(=O)NC(=O)C1(C)C. The summed E-state index contributed by atoms with van der Waals surface area (Å²) in [5, 5.41) is 5.72. The highest BCUT2D eigenvalue weighted by atomic mass is 32.2. The van der Waals surface area contributed by atoms with E-state index in [2.05, 4.69) is 10.5 Å². The fourth-order valence-electron chi connectivity index (χ4n) is 2.10. The number of imide groups is 1. The van der Waals surface area contributed by atoms with Crippen molar-refractivity contribution in [3.05, 3.63) is 11.5 Å². The molecule has 0 saturated carbocycles. The van der Waals surface area contributed by atoms with Crippen LogP contribution in [0.5, 0.6) is 0 Å². The standard InChI is InChI=1S/C11H15N3O5S/c1-6-9(7(2)19-13-6)20(17,18)14-5-8(15)12-10(16)11(14,3)4/h5H2,1-4H3,(H,12,15,16). The van der Waals surface area contributed by atoms with Crippen LogP contribution in [-0.2, 0) is 19.6 Å². The third-order valence-corrected chi connectivity index (χ3v) is 5.50. The molecule has 2 amide bonds. The van der Waals surface area contributed by atoms with Crippen LogP contribution in [0.15, 0.2) is 9.42 Å². The lowest BCUT2D eigenvalue weighted by molar-refractivity contribution is -0.141. The van der Waals surface area contributed by atoms with Gasteiger partial charge in [0.05, 0.1) is 6.54 Å². The number of carbonyl (C=O) groups is 2. The Labute approximate surface area is 116 Å². The zero-order chi connectivity index (χ0) is 15.3. The normalized spacial score (nSPS) is 20.0. The Kier molecular flexibility index (Phi) is 3.22. The van der Waals surface area contributed by atoms with Crippen LogP contribution >= 0.6 is 0 Å². The monoisotopic (exact) mass is 301 g/mol. The third kappa shape index (κ3) is 2.02. The minimum atomic E-state index is -4.06. The summed E-state index contributed by atoms with van der Waals surface area (Å²) in [7, 11) is -4.06. The van der Waals surface area contributed by atoms with Crippen LogP contribution in [0.4, 0.5) is 0 Å². The predicted octanol–water partition coefficient (Wildman–Crippen LogP) is -0.283. The summed E-state index contributed by atoms with van der Waals surface area (Å²) in [6.07, 6.45) is 0. The number of amides is 2. The van der Waals surface area contributed by atoms with Gasteiger partial charge in [0.1, 0.15) is 16.1 Å². The van der Waals surface area contributed by atoms with E-state index < -0.39 is 33.9 Å². The molecule has 1 fully saturated rings. The first-order chi connectivity index (χ1) is 9.08. The number of aryl methyl sites for hydroxylation is 2. The molecule has 0 atom stereocenters. The molecule has 1 aromatic rings. The Morgan fingerprint density at radius 1 is 1.30 bits per heavy atom. The lowest BCUT2D eigenvalue weighted by Crippen LogP contribution is -2.65. The van der Waals surface area contributed by atoms with E-state index in [4.69, 9.17) is 4.52 Å². The van der Waals surface area contributed by atoms with Crippen LogP contribution in [0.25, 0.3) is 0 Å². The third-order valence-electron chi connectivity index (χ3n) is 3.24. The van der Waals surface area contributed by atoms with Gasteiger partial charge in [-0.15, -0.1) is 0 Å². The van der Waals surface area contributed by atoms with Gasteiger partial charge in [-0.3, -0.25) is 14.9 Å². The molecule has 0 aromatic carbocycles. The number of hydrogen-bond donors (Lipinski definition) is 1. The predicted molar refractivity (Wildman–Crippen MR) is 67.1 cm³/mol. The number of sulfonamides is 1. The second-order valence-electron chi connectivity index (χ2n) is 5.10. The fraction of sp³-hybridized carbons (Fsp3) is 0.545. The molecule has 0 aliphatic carbocycles. The fourth-order valence-corrected chi connectivity index (χ4v) is 4.10. The van der Waals surface area contributed by atoms with Crippen molar-refractivity contribution in [2.45, 2.75) is 38.1 Å². The highest BCUT2D eigenvalue weighted by Gasteiger charge is 2.49. The van der Waals surface area contributed by atoms with Crippen molar-refractivity contribution in [2.75, 3.05) is 6.54 Å². The van der Waals surface area contributed by atoms with Crippen molar-refractivity contribution in [3.63, 3.8) is 0 Å². The molecule has 0 bridgehead atoms. The van der Waals surface area contributed by atoms with E-state index in [0.29, 0.717) is 0 Å². The van der Waals surface area contributed by atoms with Gasteiger partial charge in [-0.25, -0.2) is 8.42 Å². The summed E-state index contributed by atoms with van der Waals surface area (Å²) in [6, 6.07) is 0. The van der Waals surface area contributed by atoms with E-state index in [-0.39, 0.29) is 16.3 Å². The van der Waals surface area contributed by atoms with Gasteiger partial charge in [0.2, 0.25) is 21.8 Å². The van der Waals surface area contributed by atoms with Crippen LogP contribution in [0, 0.1) is 13.8 Å². The van der Waals surface area contributed by atoms with Gasteiger partial charge >= 0.3 is 0 Å². The molecule has 0 radical (unpaired) electrons. The first kappa shape index (κ1) is 14.7. The number of nitrogens with zero attached hydrogens (tertiary/aromatic N) is 2. The first-order valence-electron chi connectivity index (χ1n) is 5.88. The van der Waals surface area contributed by atoms with Crippen LogP contribution in [-0.4, -0.2) is 41.8 Å². The molecule has 20 heavy (non-hydrogen) atoms. The molecule has 0 unspecified atom stereocenters. The van der Waals surface area contributed by atoms with Gasteiger partial charge in [-0.2, -0.15) is 4.31 Å². The molecule has 2 rings (SSSR count). The number of rotatable bonds is 2. The van der Waals surface area contributed by atoms with Crippen molar-refractivity contribution in [1.82, 2.24) is 14.8 Å². The Balaban J connectivity index is 2.59. The van der Waals surface area contributed by atoms with Gasteiger partial charge in [-0.1, -0.05) is 5.16 Å². The van der Waals surface area contributed by atoms with Crippen LogP contribution < -0.4 is 5.32 Å². The average molecular weight is 301 g/mol. The van der Waals surface area contributed by atoms with Gasteiger partial charge in [0.15, 0.2) is 5.76 Å². The molecule has 1 saturated heterocycles. The molecule has 110 valence electrons. The number of hydrogen-bond acceptors (Lipinski definition) is 6. The number of aromatic nitrogens is 1. The van der Waals surface area contributed by atoms with E-state index in [1.54, 1.807) is 0 Å². The molecule has 9 heteroatoms. The summed E-state index contributed by atoms with van der Waals surface area (Å²) >= 11 is 0. The zero-order valence-electron chi connectivity index (χ0n) is 11.6. The Hall–Kier alpha value is -1.74. The van der Waals surface area contributed by atoms with E-state index in [1.165, 1.54) is 27.7 Å². The maximum Gasteiger partial charge on any atom is 0.249 e. The van der Waals surface area contributed by atoms with Crippen LogP contribution in [0.2, 0.25) is 0 Å². The largest absolute Gasteiger partial charge is 0.360 e. The molecule has 1 aliphatic heterocycles. The highest BCUT2D eigenvalue weighted by Crippen LogP contribution is 2.30. The van der Waals surface area contributed by atoms with E-state index >= 15 is 0 Å². The number of carbonyl (C=O) groups excluding carboxylic acids is 2. The maximum atomic E-state index is 12.7. The number of nitrogens with one attached hydrogen (secondary N) is 1. The van der Waals surface area contributed by atoms with Crippen molar-refractivity contribution in [3.8, 4) is 0 Å². The molecular formula is C11H15N3O5S. The quantitative estimate of drug-likeness (QED) is 0.752. The highest BCUT2D eigenvalue weighted by molar-refractivity contribution is 7.89. The minimum Gasteiger partial charge on any atom is -0.360 e. The summed E-state index contributed by atoms with van der Waals surface area (Å²) in [6.45, 7) is 5.40. The Bertz CT molecular complexity index is 669. The molecule has 1 N–H and O–H groups in total. The summed E-state index contributed by atoms with van der Waals surface area (Å²) in [5.74, 6) is -1.20. The molecule has 2 heterocycles. The van der Waals surface area contributed by atoms with Gasteiger partial charge in [-0.05, 0) is 27.7 Å². The first-order valence-corrected chi connectivity index (χ1v) is 7.32. The molecule has 0 spiro atoms. The Morgan fingerprint density at radius 2 is 1.90 bits per heavy atom. The van der Waals surface area contributed by atoms with Crippen LogP contribution in [0.3, 0.4) is 0 Å². The van der Waals surface area contributed by atoms with Crippen molar-refractivity contribution >= 4 is 21.8 Å². The van der Waals surface area contributed by atoms with Crippen LogP contribution in [0.1, 0.15) is 25.3 Å². The number of piperazine rings is 1. The van der Waals surface area contributed by atoms with Crippen molar-refractivity contribution < 1.29 is 22.5 Å². The second kappa shape index (κ2) is 4.38. The van der Waals surface area contributed by atoms with Crippen molar-refractivity contribution in [1.29, 1.82) is 0 Å². The minimum absolute atomic E-state index is 0.104.